The molecular weight excluding hydrogens is 206 g/mol. The molecule has 0 bridgehead atoms. The lowest BCUT2D eigenvalue weighted by molar-refractivity contribution is 0.268. The summed E-state index contributed by atoms with van der Waals surface area (Å²) in [4.78, 5) is 2.20. The maximum absolute atomic E-state index is 5.31. The Morgan fingerprint density at radius 2 is 1.93 bits per heavy atom. The van der Waals surface area contributed by atoms with E-state index in [1.165, 1.54) is 5.56 Å². The molecule has 0 unspecified atom stereocenters. The third kappa shape index (κ3) is 3.95. The van der Waals surface area contributed by atoms with E-state index in [1.807, 2.05) is 6.07 Å². The summed E-state index contributed by atoms with van der Waals surface area (Å²) in [6.07, 6.45) is 6.39. The van der Waals surface area contributed by atoms with Crippen LogP contribution in [-0.4, -0.2) is 18.5 Å². The van der Waals surface area contributed by atoms with Crippen LogP contribution in [0.15, 0.2) is 30.3 Å². The highest BCUT2D eigenvalue weighted by atomic mass is 35.5. The van der Waals surface area contributed by atoms with Crippen molar-refractivity contribution in [2.45, 2.75) is 19.4 Å². The van der Waals surface area contributed by atoms with Gasteiger partial charge in [0, 0.05) is 6.04 Å². The molecule has 0 aliphatic carbocycles. The second kappa shape index (κ2) is 7.34. The van der Waals surface area contributed by atoms with Crippen LogP contribution in [0.3, 0.4) is 0 Å². The SMILES string of the molecule is C#CCN(C)[C@H](CC)c1ccccc1.Cl. The summed E-state index contributed by atoms with van der Waals surface area (Å²) in [5, 5.41) is 0. The fourth-order valence-electron chi connectivity index (χ4n) is 1.73. The minimum atomic E-state index is 0. The van der Waals surface area contributed by atoms with Crippen LogP contribution in [0.1, 0.15) is 24.9 Å². The highest BCUT2D eigenvalue weighted by molar-refractivity contribution is 5.85. The number of terminal acetylenes is 1. The molecule has 1 atom stereocenters. The van der Waals surface area contributed by atoms with Crippen molar-refractivity contribution in [3.63, 3.8) is 0 Å². The first-order chi connectivity index (χ1) is 6.79. The fraction of sp³-hybridized carbons (Fsp3) is 0.385. The van der Waals surface area contributed by atoms with Crippen molar-refractivity contribution < 1.29 is 0 Å². The summed E-state index contributed by atoms with van der Waals surface area (Å²) < 4.78 is 0. The Labute approximate surface area is 98.9 Å². The average Bonchev–Trinajstić information content (AvgIpc) is 2.21. The number of nitrogens with zero attached hydrogens (tertiary/aromatic N) is 1. The van der Waals surface area contributed by atoms with Crippen molar-refractivity contribution in [1.29, 1.82) is 0 Å². The van der Waals surface area contributed by atoms with Crippen molar-refractivity contribution in [3.8, 4) is 12.3 Å². The highest BCUT2D eigenvalue weighted by Crippen LogP contribution is 2.21. The van der Waals surface area contributed by atoms with Crippen LogP contribution in [-0.2, 0) is 0 Å². The Hall–Kier alpha value is -0.970. The van der Waals surface area contributed by atoms with Gasteiger partial charge in [0.2, 0.25) is 0 Å². The summed E-state index contributed by atoms with van der Waals surface area (Å²) >= 11 is 0. The molecule has 2 heteroatoms. The molecule has 0 saturated carbocycles. The van der Waals surface area contributed by atoms with E-state index in [0.29, 0.717) is 12.6 Å². The highest BCUT2D eigenvalue weighted by Gasteiger charge is 2.12. The first kappa shape index (κ1) is 14.0. The third-order valence-electron chi connectivity index (χ3n) is 2.44. The van der Waals surface area contributed by atoms with E-state index in [2.05, 4.69) is 49.1 Å². The van der Waals surface area contributed by atoms with E-state index < -0.39 is 0 Å². The Bertz CT molecular complexity index is 302. The number of benzene rings is 1. The van der Waals surface area contributed by atoms with Crippen molar-refractivity contribution in [2.24, 2.45) is 0 Å². The Kier molecular flexibility index (Phi) is 6.86. The minimum absolute atomic E-state index is 0. The van der Waals surface area contributed by atoms with Gasteiger partial charge in [-0.05, 0) is 19.0 Å². The molecule has 15 heavy (non-hydrogen) atoms. The summed E-state index contributed by atoms with van der Waals surface area (Å²) in [5.41, 5.74) is 1.34. The van der Waals surface area contributed by atoms with Crippen molar-refractivity contribution in [3.05, 3.63) is 35.9 Å². The summed E-state index contributed by atoms with van der Waals surface area (Å²) in [5.74, 6) is 2.68. The van der Waals surface area contributed by atoms with Gasteiger partial charge in [0.05, 0.1) is 6.54 Å². The predicted octanol–water partition coefficient (Wildman–Crippen LogP) is 3.12. The maximum atomic E-state index is 5.31. The molecule has 0 N–H and O–H groups in total. The molecule has 0 fully saturated rings. The molecule has 1 aromatic rings. The molecule has 0 radical (unpaired) electrons. The summed E-state index contributed by atoms with van der Waals surface area (Å²) in [6.45, 7) is 2.89. The molecule has 0 saturated heterocycles. The van der Waals surface area contributed by atoms with Crippen LogP contribution in [0, 0.1) is 12.3 Å². The van der Waals surface area contributed by atoms with Gasteiger partial charge in [-0.3, -0.25) is 4.90 Å². The van der Waals surface area contributed by atoms with Crippen molar-refractivity contribution in [2.75, 3.05) is 13.6 Å². The Morgan fingerprint density at radius 1 is 1.33 bits per heavy atom. The molecule has 1 aromatic carbocycles. The van der Waals surface area contributed by atoms with E-state index in [-0.39, 0.29) is 12.4 Å². The van der Waals surface area contributed by atoms with E-state index in [9.17, 15) is 0 Å². The van der Waals surface area contributed by atoms with Gasteiger partial charge in [-0.1, -0.05) is 43.2 Å². The van der Waals surface area contributed by atoms with E-state index >= 15 is 0 Å². The quantitative estimate of drug-likeness (QED) is 0.709. The molecule has 0 aliphatic heterocycles. The van der Waals surface area contributed by atoms with Gasteiger partial charge in [-0.25, -0.2) is 0 Å². The van der Waals surface area contributed by atoms with E-state index in [4.69, 9.17) is 6.42 Å². The van der Waals surface area contributed by atoms with Crippen LogP contribution in [0.5, 0.6) is 0 Å². The lowest BCUT2D eigenvalue weighted by Gasteiger charge is -2.25. The van der Waals surface area contributed by atoms with Crippen molar-refractivity contribution >= 4 is 12.4 Å². The topological polar surface area (TPSA) is 3.24 Å². The smallest absolute Gasteiger partial charge is 0.0601 e. The van der Waals surface area contributed by atoms with Gasteiger partial charge in [0.15, 0.2) is 0 Å². The normalized spacial score (nSPS) is 11.6. The first-order valence-electron chi connectivity index (χ1n) is 4.98. The van der Waals surface area contributed by atoms with Gasteiger partial charge < -0.3 is 0 Å². The third-order valence-corrected chi connectivity index (χ3v) is 2.44. The fourth-order valence-corrected chi connectivity index (χ4v) is 1.73. The largest absolute Gasteiger partial charge is 0.288 e. The molecule has 0 amide bonds. The molecule has 0 spiro atoms. The average molecular weight is 224 g/mol. The number of hydrogen-bond donors (Lipinski definition) is 0. The van der Waals surface area contributed by atoms with Crippen molar-refractivity contribution in [1.82, 2.24) is 4.90 Å². The van der Waals surface area contributed by atoms with Crippen LogP contribution in [0.25, 0.3) is 0 Å². The summed E-state index contributed by atoms with van der Waals surface area (Å²) in [6, 6.07) is 10.9. The molecule has 0 aliphatic rings. The lowest BCUT2D eigenvalue weighted by atomic mass is 10.0. The number of rotatable bonds is 4. The minimum Gasteiger partial charge on any atom is -0.288 e. The zero-order chi connectivity index (χ0) is 10.4. The van der Waals surface area contributed by atoms with Gasteiger partial charge >= 0.3 is 0 Å². The molecule has 82 valence electrons. The molecule has 1 rings (SSSR count). The van der Waals surface area contributed by atoms with Gasteiger partial charge in [-0.2, -0.15) is 0 Å². The Morgan fingerprint density at radius 3 is 2.40 bits per heavy atom. The van der Waals surface area contributed by atoms with Gasteiger partial charge in [-0.15, -0.1) is 18.8 Å². The maximum Gasteiger partial charge on any atom is 0.0601 e. The van der Waals surface area contributed by atoms with Crippen LogP contribution >= 0.6 is 12.4 Å². The van der Waals surface area contributed by atoms with E-state index in [0.717, 1.165) is 6.42 Å². The second-order valence-electron chi connectivity index (χ2n) is 3.45. The Balaban J connectivity index is 0.00000196. The van der Waals surface area contributed by atoms with Crippen LogP contribution < -0.4 is 0 Å². The first-order valence-corrected chi connectivity index (χ1v) is 4.98. The van der Waals surface area contributed by atoms with Gasteiger partial charge in [0.1, 0.15) is 0 Å². The predicted molar refractivity (Wildman–Crippen MR) is 68.2 cm³/mol. The van der Waals surface area contributed by atoms with Crippen LogP contribution in [0.2, 0.25) is 0 Å². The van der Waals surface area contributed by atoms with E-state index in [1.54, 1.807) is 0 Å². The number of hydrogen-bond acceptors (Lipinski definition) is 1. The lowest BCUT2D eigenvalue weighted by Crippen LogP contribution is -2.24. The zero-order valence-electron chi connectivity index (χ0n) is 9.31. The van der Waals surface area contributed by atoms with Crippen LogP contribution in [0.4, 0.5) is 0 Å². The monoisotopic (exact) mass is 223 g/mol. The second-order valence-corrected chi connectivity index (χ2v) is 3.45. The molecular formula is C13H18ClN. The molecule has 1 nitrogen and oxygen atoms in total. The molecule has 0 heterocycles. The standard InChI is InChI=1S/C13H17N.ClH/c1-4-11-14(3)13(5-2)12-9-7-6-8-10-12;/h1,6-10,13H,5,11H2,2-3H3;1H/t13-;/m1./s1. The van der Waals surface area contributed by atoms with Gasteiger partial charge in [0.25, 0.3) is 0 Å². The molecule has 0 aromatic heterocycles. The zero-order valence-corrected chi connectivity index (χ0v) is 10.1. The number of halogens is 1. The summed E-state index contributed by atoms with van der Waals surface area (Å²) in [7, 11) is 2.07.